The molecule has 108 valence electrons. The van der Waals surface area contributed by atoms with Crippen molar-refractivity contribution < 1.29 is 4.79 Å². The van der Waals surface area contributed by atoms with Gasteiger partial charge in [-0.05, 0) is 31.4 Å². The summed E-state index contributed by atoms with van der Waals surface area (Å²) >= 11 is 1.82. The third kappa shape index (κ3) is 4.96. The van der Waals surface area contributed by atoms with Gasteiger partial charge in [0.15, 0.2) is 0 Å². The first kappa shape index (κ1) is 16.2. The number of hydrogen-bond donors (Lipinski definition) is 1. The van der Waals surface area contributed by atoms with Gasteiger partial charge in [0, 0.05) is 29.4 Å². The van der Waals surface area contributed by atoms with Crippen molar-refractivity contribution in [1.29, 1.82) is 0 Å². The zero-order chi connectivity index (χ0) is 14.5. The molecule has 19 heavy (non-hydrogen) atoms. The fraction of sp³-hybridized carbons (Fsp3) is 0.667. The molecule has 1 aromatic rings. The Morgan fingerprint density at radius 2 is 1.89 bits per heavy atom. The van der Waals surface area contributed by atoms with Crippen LogP contribution in [0.15, 0.2) is 12.1 Å². The summed E-state index contributed by atoms with van der Waals surface area (Å²) in [7, 11) is 0. The summed E-state index contributed by atoms with van der Waals surface area (Å²) in [6.45, 7) is 13.4. The number of likely N-dealkylation sites (N-methyl/N-ethyl adjacent to an activating group) is 1. The second-order valence-electron chi connectivity index (χ2n) is 5.69. The van der Waals surface area contributed by atoms with Gasteiger partial charge in [0.05, 0.1) is 6.54 Å². The van der Waals surface area contributed by atoms with Gasteiger partial charge in [-0.15, -0.1) is 11.3 Å². The number of amides is 1. The van der Waals surface area contributed by atoms with E-state index in [2.05, 4.69) is 38.2 Å². The first-order valence-electron chi connectivity index (χ1n) is 6.96. The van der Waals surface area contributed by atoms with Crippen LogP contribution in [0.5, 0.6) is 0 Å². The smallest absolute Gasteiger partial charge is 0.236 e. The number of nitrogens with one attached hydrogen (secondary N) is 1. The Kier molecular flexibility index (Phi) is 6.01. The van der Waals surface area contributed by atoms with Gasteiger partial charge >= 0.3 is 0 Å². The van der Waals surface area contributed by atoms with Crippen molar-refractivity contribution in [3.05, 3.63) is 21.9 Å². The van der Waals surface area contributed by atoms with Gasteiger partial charge in [0.25, 0.3) is 0 Å². The van der Waals surface area contributed by atoms with E-state index < -0.39 is 0 Å². The number of thiophene rings is 1. The Bertz CT molecular complexity index is 403. The molecule has 1 heterocycles. The van der Waals surface area contributed by atoms with E-state index in [0.29, 0.717) is 6.54 Å². The first-order chi connectivity index (χ1) is 8.88. The van der Waals surface area contributed by atoms with E-state index in [-0.39, 0.29) is 11.3 Å². The lowest BCUT2D eigenvalue weighted by Gasteiger charge is -2.18. The molecule has 0 aliphatic rings. The molecule has 3 nitrogen and oxygen atoms in total. The lowest BCUT2D eigenvalue weighted by atomic mass is 9.95. The topological polar surface area (TPSA) is 32.3 Å². The molecule has 1 rings (SSSR count). The monoisotopic (exact) mass is 282 g/mol. The summed E-state index contributed by atoms with van der Waals surface area (Å²) in [5, 5.41) is 3.23. The summed E-state index contributed by atoms with van der Waals surface area (Å²) < 4.78 is 0. The highest BCUT2D eigenvalue weighted by molar-refractivity contribution is 7.12. The van der Waals surface area contributed by atoms with Crippen LogP contribution >= 0.6 is 11.3 Å². The Labute approximate surface area is 121 Å². The summed E-state index contributed by atoms with van der Waals surface area (Å²) in [6.07, 6.45) is 0. The molecule has 0 radical (unpaired) electrons. The molecular formula is C15H26N2OS. The minimum absolute atomic E-state index is 0.178. The van der Waals surface area contributed by atoms with Crippen molar-refractivity contribution in [2.45, 2.75) is 46.6 Å². The summed E-state index contributed by atoms with van der Waals surface area (Å²) in [5.41, 5.74) is 0.208. The Morgan fingerprint density at radius 3 is 2.37 bits per heavy atom. The molecule has 0 bridgehead atoms. The fourth-order valence-electron chi connectivity index (χ4n) is 1.86. The highest BCUT2D eigenvalue weighted by Gasteiger charge is 2.16. The molecule has 0 aliphatic heterocycles. The molecule has 4 heteroatoms. The largest absolute Gasteiger partial charge is 0.342 e. The van der Waals surface area contributed by atoms with Crippen LogP contribution in [0.1, 0.15) is 44.4 Å². The van der Waals surface area contributed by atoms with E-state index >= 15 is 0 Å². The normalized spacial score (nSPS) is 11.6. The molecule has 1 aromatic heterocycles. The van der Waals surface area contributed by atoms with Gasteiger partial charge in [-0.3, -0.25) is 4.79 Å². The standard InChI is InChI=1S/C15H26N2OS/c1-6-17(7-2)14(18)11-16-10-12-8-9-13(19-12)15(3,4)5/h8-9,16H,6-7,10-11H2,1-5H3. The molecule has 0 saturated heterocycles. The van der Waals surface area contributed by atoms with Gasteiger partial charge < -0.3 is 10.2 Å². The zero-order valence-electron chi connectivity index (χ0n) is 12.7. The molecule has 0 spiro atoms. The molecule has 0 unspecified atom stereocenters. The second kappa shape index (κ2) is 7.06. The third-order valence-corrected chi connectivity index (χ3v) is 4.60. The first-order valence-corrected chi connectivity index (χ1v) is 7.77. The molecule has 0 fully saturated rings. The van der Waals surface area contributed by atoms with Crippen LogP contribution < -0.4 is 5.32 Å². The van der Waals surface area contributed by atoms with Gasteiger partial charge in [-0.1, -0.05) is 20.8 Å². The van der Waals surface area contributed by atoms with Crippen molar-refractivity contribution in [1.82, 2.24) is 10.2 Å². The van der Waals surface area contributed by atoms with Crippen LogP contribution in [0.4, 0.5) is 0 Å². The zero-order valence-corrected chi connectivity index (χ0v) is 13.6. The average molecular weight is 282 g/mol. The van der Waals surface area contributed by atoms with Crippen LogP contribution in [-0.2, 0) is 16.8 Å². The lowest BCUT2D eigenvalue weighted by molar-refractivity contribution is -0.129. The van der Waals surface area contributed by atoms with E-state index in [9.17, 15) is 4.79 Å². The highest BCUT2D eigenvalue weighted by Crippen LogP contribution is 2.29. The maximum absolute atomic E-state index is 11.8. The predicted molar refractivity (Wildman–Crippen MR) is 82.7 cm³/mol. The van der Waals surface area contributed by atoms with Gasteiger partial charge in [0.1, 0.15) is 0 Å². The van der Waals surface area contributed by atoms with E-state index in [4.69, 9.17) is 0 Å². The maximum Gasteiger partial charge on any atom is 0.236 e. The van der Waals surface area contributed by atoms with Crippen molar-refractivity contribution in [3.8, 4) is 0 Å². The number of rotatable bonds is 6. The number of carbonyl (C=O) groups is 1. The van der Waals surface area contributed by atoms with E-state index in [0.717, 1.165) is 19.6 Å². The summed E-state index contributed by atoms with van der Waals surface area (Å²) in [6, 6.07) is 4.34. The third-order valence-electron chi connectivity index (χ3n) is 3.09. The molecular weight excluding hydrogens is 256 g/mol. The van der Waals surface area contributed by atoms with Crippen molar-refractivity contribution in [3.63, 3.8) is 0 Å². The molecule has 0 saturated carbocycles. The minimum atomic E-state index is 0.178. The molecule has 0 atom stereocenters. The van der Waals surface area contributed by atoms with E-state index in [1.165, 1.54) is 9.75 Å². The Hall–Kier alpha value is -0.870. The Morgan fingerprint density at radius 1 is 1.26 bits per heavy atom. The van der Waals surface area contributed by atoms with Crippen LogP contribution in [0.25, 0.3) is 0 Å². The number of carbonyl (C=O) groups excluding carboxylic acids is 1. The second-order valence-corrected chi connectivity index (χ2v) is 6.85. The lowest BCUT2D eigenvalue weighted by Crippen LogP contribution is -2.37. The summed E-state index contributed by atoms with van der Waals surface area (Å²) in [4.78, 5) is 16.4. The van der Waals surface area contributed by atoms with Crippen LogP contribution in [0.3, 0.4) is 0 Å². The van der Waals surface area contributed by atoms with Gasteiger partial charge in [-0.25, -0.2) is 0 Å². The van der Waals surface area contributed by atoms with E-state index in [1.54, 1.807) is 0 Å². The highest BCUT2D eigenvalue weighted by atomic mass is 32.1. The summed E-state index contributed by atoms with van der Waals surface area (Å²) in [5.74, 6) is 0.178. The van der Waals surface area contributed by atoms with E-state index in [1.807, 2.05) is 30.1 Å². The quantitative estimate of drug-likeness (QED) is 0.870. The minimum Gasteiger partial charge on any atom is -0.342 e. The van der Waals surface area contributed by atoms with Crippen LogP contribution in [-0.4, -0.2) is 30.4 Å². The SMILES string of the molecule is CCN(CC)C(=O)CNCc1ccc(C(C)(C)C)s1. The van der Waals surface area contributed by atoms with Crippen molar-refractivity contribution >= 4 is 17.2 Å². The Balaban J connectivity index is 2.41. The average Bonchev–Trinajstić information content (AvgIpc) is 2.79. The van der Waals surface area contributed by atoms with Gasteiger partial charge in [0.2, 0.25) is 5.91 Å². The van der Waals surface area contributed by atoms with Crippen molar-refractivity contribution in [2.24, 2.45) is 0 Å². The maximum atomic E-state index is 11.8. The van der Waals surface area contributed by atoms with Crippen LogP contribution in [0, 0.1) is 0 Å². The van der Waals surface area contributed by atoms with Crippen LogP contribution in [0.2, 0.25) is 0 Å². The fourth-order valence-corrected chi connectivity index (χ4v) is 2.89. The molecule has 0 aliphatic carbocycles. The number of hydrogen-bond acceptors (Lipinski definition) is 3. The van der Waals surface area contributed by atoms with Gasteiger partial charge in [-0.2, -0.15) is 0 Å². The number of nitrogens with zero attached hydrogens (tertiary/aromatic N) is 1. The molecule has 1 N–H and O–H groups in total. The molecule has 1 amide bonds. The van der Waals surface area contributed by atoms with Crippen molar-refractivity contribution in [2.75, 3.05) is 19.6 Å². The predicted octanol–water partition coefficient (Wildman–Crippen LogP) is 3.00. The molecule has 0 aromatic carbocycles.